The van der Waals surface area contributed by atoms with E-state index in [2.05, 4.69) is 5.32 Å². The van der Waals surface area contributed by atoms with Gasteiger partial charge in [-0.25, -0.2) is 8.60 Å². The molecule has 7 nitrogen and oxygen atoms in total. The minimum absolute atomic E-state index is 0.246. The van der Waals surface area contributed by atoms with E-state index >= 15 is 0 Å². The second-order valence-corrected chi connectivity index (χ2v) is 11.8. The zero-order valence-electron chi connectivity index (χ0n) is 21.9. The molecular weight excluding hydrogens is 554 g/mol. The molecule has 1 aliphatic carbocycles. The van der Waals surface area contributed by atoms with Crippen LogP contribution in [0.4, 0.5) is 15.8 Å². The van der Waals surface area contributed by atoms with Crippen LogP contribution in [0, 0.1) is 5.82 Å². The molecule has 0 bridgehead atoms. The molecule has 206 valence electrons. The molecule has 2 aliphatic rings. The predicted molar refractivity (Wildman–Crippen MR) is 156 cm³/mol. The fourth-order valence-corrected chi connectivity index (χ4v) is 6.52. The quantitative estimate of drug-likeness (QED) is 0.243. The van der Waals surface area contributed by atoms with Crippen molar-refractivity contribution in [1.29, 1.82) is 0 Å². The van der Waals surface area contributed by atoms with Crippen LogP contribution in [0.15, 0.2) is 59.0 Å². The first-order valence-electron chi connectivity index (χ1n) is 13.1. The summed E-state index contributed by atoms with van der Waals surface area (Å²) in [5, 5.41) is 13.6. The number of furan rings is 1. The summed E-state index contributed by atoms with van der Waals surface area (Å²) in [6, 6.07) is 15.0. The molecule has 4 aromatic rings. The number of carbonyl (C=O) groups is 1. The number of nitrogens with zero attached hydrogens (tertiary/aromatic N) is 1. The van der Waals surface area contributed by atoms with Gasteiger partial charge in [0.1, 0.15) is 28.1 Å². The number of anilines is 2. The minimum atomic E-state index is -1.48. The van der Waals surface area contributed by atoms with Gasteiger partial charge in [0.15, 0.2) is 0 Å². The van der Waals surface area contributed by atoms with Crippen molar-refractivity contribution in [3.05, 3.63) is 82.1 Å². The van der Waals surface area contributed by atoms with Gasteiger partial charge >= 0.3 is 7.12 Å². The number of hydrogen-bond donors (Lipinski definition) is 2. The molecule has 40 heavy (non-hydrogen) atoms. The van der Waals surface area contributed by atoms with Crippen LogP contribution in [0.3, 0.4) is 0 Å². The van der Waals surface area contributed by atoms with Crippen molar-refractivity contribution in [3.63, 3.8) is 0 Å². The van der Waals surface area contributed by atoms with Crippen LogP contribution in [-0.2, 0) is 15.6 Å². The van der Waals surface area contributed by atoms with Crippen LogP contribution < -0.4 is 9.62 Å². The summed E-state index contributed by atoms with van der Waals surface area (Å²) in [7, 11) is -0.727. The summed E-state index contributed by atoms with van der Waals surface area (Å²) < 4.78 is 40.5. The average Bonchev–Trinajstić information content (AvgIpc) is 3.58. The first-order valence-corrected chi connectivity index (χ1v) is 15.0. The molecule has 3 aromatic carbocycles. The van der Waals surface area contributed by atoms with Crippen molar-refractivity contribution in [1.82, 2.24) is 5.32 Å². The van der Waals surface area contributed by atoms with Gasteiger partial charge in [-0.3, -0.25) is 9.10 Å². The van der Waals surface area contributed by atoms with Crippen molar-refractivity contribution >= 4 is 58.0 Å². The summed E-state index contributed by atoms with van der Waals surface area (Å²) in [5.41, 5.74) is 4.45. The highest BCUT2D eigenvalue weighted by atomic mass is 35.5. The lowest BCUT2D eigenvalue weighted by atomic mass is 9.87. The molecule has 1 saturated heterocycles. The predicted octanol–water partition coefficient (Wildman–Crippen LogP) is 6.50. The lowest BCUT2D eigenvalue weighted by molar-refractivity contribution is 0.0964. The van der Waals surface area contributed by atoms with Crippen LogP contribution in [0.2, 0.25) is 11.3 Å². The van der Waals surface area contributed by atoms with Gasteiger partial charge in [-0.05, 0) is 85.1 Å². The summed E-state index contributed by atoms with van der Waals surface area (Å²) in [5.74, 6) is -0.120. The first-order chi connectivity index (χ1) is 19.2. The molecule has 0 spiro atoms. The van der Waals surface area contributed by atoms with E-state index in [-0.39, 0.29) is 23.7 Å². The lowest BCUT2D eigenvalue weighted by Crippen LogP contribution is -2.21. The van der Waals surface area contributed by atoms with Crippen molar-refractivity contribution in [2.75, 3.05) is 17.6 Å². The van der Waals surface area contributed by atoms with E-state index < -0.39 is 18.1 Å². The average molecular weight is 581 g/mol. The highest BCUT2D eigenvalue weighted by Crippen LogP contribution is 2.49. The van der Waals surface area contributed by atoms with E-state index in [1.165, 1.54) is 12.1 Å². The van der Waals surface area contributed by atoms with Crippen LogP contribution in [-0.4, -0.2) is 35.6 Å². The van der Waals surface area contributed by atoms with Gasteiger partial charge in [-0.1, -0.05) is 17.7 Å². The third kappa shape index (κ3) is 4.94. The van der Waals surface area contributed by atoms with Gasteiger partial charge in [0, 0.05) is 35.3 Å². The number of rotatable bonds is 7. The fourth-order valence-electron chi connectivity index (χ4n) is 5.38. The number of carbonyl (C=O) groups excluding carboxylic acids is 1. The van der Waals surface area contributed by atoms with Gasteiger partial charge < -0.3 is 19.4 Å². The number of nitrogens with one attached hydrogen (secondary N) is 1. The second-order valence-electron chi connectivity index (χ2n) is 10.2. The zero-order chi connectivity index (χ0) is 28.1. The SMILES string of the molecule is CNC(=O)c1c(-c2ccc(F)cc2)oc2cc(N(c3ccc(C4CCB(O)O4)c(Cl)c3)S(C)=O)c(C3CC3)cc12. The third-order valence-electron chi connectivity index (χ3n) is 7.45. The Bertz CT molecular complexity index is 1640. The summed E-state index contributed by atoms with van der Waals surface area (Å²) in [6.07, 6.45) is 4.45. The molecule has 0 radical (unpaired) electrons. The molecular formula is C29H27BClFN2O5S. The maximum Gasteiger partial charge on any atom is 0.454 e. The Kier molecular flexibility index (Phi) is 7.20. The van der Waals surface area contributed by atoms with Crippen LogP contribution >= 0.6 is 11.6 Å². The normalized spacial score (nSPS) is 17.8. The number of benzene rings is 3. The van der Waals surface area contributed by atoms with Gasteiger partial charge in [0.2, 0.25) is 0 Å². The second kappa shape index (κ2) is 10.7. The topological polar surface area (TPSA) is 92.0 Å². The highest BCUT2D eigenvalue weighted by molar-refractivity contribution is 7.86. The third-order valence-corrected chi connectivity index (χ3v) is 8.70. The minimum Gasteiger partial charge on any atom is -0.455 e. The van der Waals surface area contributed by atoms with Crippen molar-refractivity contribution < 1.29 is 27.5 Å². The molecule has 2 heterocycles. The van der Waals surface area contributed by atoms with Crippen molar-refractivity contribution in [2.45, 2.75) is 37.6 Å². The highest BCUT2D eigenvalue weighted by Gasteiger charge is 2.34. The number of halogens is 2. The van der Waals surface area contributed by atoms with E-state index in [9.17, 15) is 18.4 Å². The fraction of sp³-hybridized carbons (Fsp3) is 0.276. The van der Waals surface area contributed by atoms with E-state index in [1.54, 1.807) is 35.8 Å². The first kappa shape index (κ1) is 27.0. The lowest BCUT2D eigenvalue weighted by Gasteiger charge is -2.25. The largest absolute Gasteiger partial charge is 0.455 e. The van der Waals surface area contributed by atoms with Crippen LogP contribution in [0.1, 0.15) is 52.8 Å². The van der Waals surface area contributed by atoms with E-state index in [4.69, 9.17) is 20.7 Å². The Morgan fingerprint density at radius 1 is 1.12 bits per heavy atom. The van der Waals surface area contributed by atoms with Crippen molar-refractivity contribution in [2.24, 2.45) is 0 Å². The summed E-state index contributed by atoms with van der Waals surface area (Å²) in [6.45, 7) is 0. The molecule has 6 rings (SSSR count). The molecule has 1 saturated carbocycles. The molecule has 1 aliphatic heterocycles. The van der Waals surface area contributed by atoms with Crippen LogP contribution in [0.25, 0.3) is 22.3 Å². The van der Waals surface area contributed by atoms with E-state index in [0.717, 1.165) is 24.0 Å². The Morgan fingerprint density at radius 3 is 2.48 bits per heavy atom. The van der Waals surface area contributed by atoms with Gasteiger partial charge in [0.05, 0.1) is 23.0 Å². The van der Waals surface area contributed by atoms with E-state index in [1.807, 2.05) is 24.3 Å². The Hall–Kier alpha value is -3.18. The molecule has 2 fully saturated rings. The summed E-state index contributed by atoms with van der Waals surface area (Å²) in [4.78, 5) is 13.0. The maximum absolute atomic E-state index is 13.6. The smallest absolute Gasteiger partial charge is 0.454 e. The van der Waals surface area contributed by atoms with Gasteiger partial charge in [0.25, 0.3) is 5.91 Å². The summed E-state index contributed by atoms with van der Waals surface area (Å²) >= 11 is 6.68. The Balaban J connectivity index is 1.50. The molecule has 2 N–H and O–H groups in total. The molecule has 1 aromatic heterocycles. The number of hydrogen-bond acceptors (Lipinski definition) is 5. The van der Waals surface area contributed by atoms with Gasteiger partial charge in [-0.15, -0.1) is 0 Å². The number of fused-ring (bicyclic) bond motifs is 1. The standard InChI is InChI=1S/C29H27BClFN2O5S/c1-33-29(35)27-22-14-21(16-3-4-16)24(15-26(22)38-28(27)17-5-7-18(32)8-6-17)34(40(2)37)19-9-10-20(23(31)13-19)25-11-12-30(36)39-25/h5-10,13-16,25,36H,3-4,11-12H2,1-2H3,(H,33,35). The molecule has 2 unspecified atom stereocenters. The number of amides is 1. The van der Waals surface area contributed by atoms with Crippen molar-refractivity contribution in [3.8, 4) is 11.3 Å². The molecule has 2 atom stereocenters. The van der Waals surface area contributed by atoms with Crippen LogP contribution in [0.5, 0.6) is 0 Å². The maximum atomic E-state index is 13.6. The zero-order valence-corrected chi connectivity index (χ0v) is 23.5. The molecule has 11 heteroatoms. The van der Waals surface area contributed by atoms with E-state index in [0.29, 0.717) is 57.0 Å². The monoisotopic (exact) mass is 580 g/mol. The Morgan fingerprint density at radius 2 is 1.88 bits per heavy atom. The van der Waals surface area contributed by atoms with Gasteiger partial charge in [-0.2, -0.15) is 0 Å². The Labute approximate surface area is 239 Å². The molecule has 1 amide bonds.